The second-order valence-electron chi connectivity index (χ2n) is 6.42. The lowest BCUT2D eigenvalue weighted by Crippen LogP contribution is -2.46. The quantitative estimate of drug-likeness (QED) is 0.687. The molecule has 1 saturated heterocycles. The summed E-state index contributed by atoms with van der Waals surface area (Å²) in [6.07, 6.45) is 0. The molecule has 0 saturated carbocycles. The van der Waals surface area contributed by atoms with Crippen LogP contribution in [0.5, 0.6) is 0 Å². The van der Waals surface area contributed by atoms with Crippen LogP contribution in [0.15, 0.2) is 52.1 Å². The van der Waals surface area contributed by atoms with E-state index in [9.17, 15) is 8.42 Å². The molecule has 0 spiro atoms. The Morgan fingerprint density at radius 1 is 1.04 bits per heavy atom. The van der Waals surface area contributed by atoms with E-state index in [-0.39, 0.29) is 4.90 Å². The molecule has 0 amide bonds. The number of hydrogen-bond acceptors (Lipinski definition) is 7. The van der Waals surface area contributed by atoms with Crippen molar-refractivity contribution in [1.29, 1.82) is 0 Å². The second-order valence-corrected chi connectivity index (χ2v) is 9.79. The predicted molar refractivity (Wildman–Crippen MR) is 111 cm³/mol. The van der Waals surface area contributed by atoms with Crippen LogP contribution >= 0.6 is 22.7 Å². The van der Waals surface area contributed by atoms with Gasteiger partial charge in [-0.2, -0.15) is 0 Å². The molecule has 1 aliphatic heterocycles. The number of thiophene rings is 1. The molecule has 6 nitrogen and oxygen atoms in total. The van der Waals surface area contributed by atoms with Crippen molar-refractivity contribution in [3.05, 3.63) is 52.9 Å². The number of anilines is 1. The zero-order chi connectivity index (χ0) is 18.9. The van der Waals surface area contributed by atoms with Crippen LogP contribution in [0.4, 0.5) is 5.69 Å². The molecular weight excluding hydrogens is 400 g/mol. The summed E-state index contributed by atoms with van der Waals surface area (Å²) in [7, 11) is -3.64. The molecule has 1 fully saturated rings. The van der Waals surface area contributed by atoms with Crippen molar-refractivity contribution in [2.75, 3.05) is 31.1 Å². The molecule has 0 bridgehead atoms. The topological polar surface area (TPSA) is 79.5 Å². The van der Waals surface area contributed by atoms with Crippen LogP contribution in [0, 0.1) is 0 Å². The molecule has 3 aromatic rings. The molecule has 0 atom stereocenters. The first kappa shape index (κ1) is 18.6. The molecular formula is C18H20N4O2S3. The first-order chi connectivity index (χ1) is 13.0. The van der Waals surface area contributed by atoms with Gasteiger partial charge in [-0.05, 0) is 35.7 Å². The summed E-state index contributed by atoms with van der Waals surface area (Å²) in [4.78, 5) is 10.8. The Morgan fingerprint density at radius 3 is 2.41 bits per heavy atom. The lowest BCUT2D eigenvalue weighted by atomic mass is 10.2. The molecule has 0 radical (unpaired) electrons. The number of aromatic nitrogens is 1. The minimum atomic E-state index is -3.64. The molecule has 1 aromatic carbocycles. The maximum absolute atomic E-state index is 11.4. The number of benzene rings is 1. The van der Waals surface area contributed by atoms with Crippen LogP contribution in [0.2, 0.25) is 0 Å². The van der Waals surface area contributed by atoms with Crippen LogP contribution in [-0.4, -0.2) is 44.5 Å². The van der Waals surface area contributed by atoms with Gasteiger partial charge in [0.15, 0.2) is 0 Å². The van der Waals surface area contributed by atoms with Crippen molar-refractivity contribution in [2.45, 2.75) is 11.4 Å². The number of thiazole rings is 1. The highest BCUT2D eigenvalue weighted by Crippen LogP contribution is 2.28. The van der Waals surface area contributed by atoms with Gasteiger partial charge >= 0.3 is 0 Å². The van der Waals surface area contributed by atoms with Crippen molar-refractivity contribution in [3.8, 4) is 9.88 Å². The van der Waals surface area contributed by atoms with E-state index in [4.69, 9.17) is 10.1 Å². The van der Waals surface area contributed by atoms with Crippen molar-refractivity contribution in [2.24, 2.45) is 5.14 Å². The van der Waals surface area contributed by atoms with Gasteiger partial charge in [-0.25, -0.2) is 18.5 Å². The van der Waals surface area contributed by atoms with Gasteiger partial charge in [0.25, 0.3) is 0 Å². The summed E-state index contributed by atoms with van der Waals surface area (Å²) in [5.41, 5.74) is 2.14. The Hall–Kier alpha value is -1.78. The Balaban J connectivity index is 1.34. The Morgan fingerprint density at radius 2 is 1.78 bits per heavy atom. The van der Waals surface area contributed by atoms with Gasteiger partial charge in [0.1, 0.15) is 5.01 Å². The van der Waals surface area contributed by atoms with Gasteiger partial charge in [0.2, 0.25) is 10.0 Å². The van der Waals surface area contributed by atoms with Crippen LogP contribution in [-0.2, 0) is 16.6 Å². The zero-order valence-electron chi connectivity index (χ0n) is 14.6. The highest BCUT2D eigenvalue weighted by Gasteiger charge is 2.19. The molecule has 9 heteroatoms. The SMILES string of the molecule is NS(=O)(=O)c1ccc(N2CCN(Cc3csc(-c4cccs4)n3)CC2)cc1. The summed E-state index contributed by atoms with van der Waals surface area (Å²) in [5, 5.41) is 10.5. The number of hydrogen-bond donors (Lipinski definition) is 1. The lowest BCUT2D eigenvalue weighted by molar-refractivity contribution is 0.247. The van der Waals surface area contributed by atoms with E-state index < -0.39 is 10.0 Å². The normalized spacial score (nSPS) is 16.0. The van der Waals surface area contributed by atoms with Crippen molar-refractivity contribution >= 4 is 38.4 Å². The van der Waals surface area contributed by atoms with Gasteiger partial charge in [-0.3, -0.25) is 4.90 Å². The zero-order valence-corrected chi connectivity index (χ0v) is 17.1. The molecule has 4 rings (SSSR count). The maximum atomic E-state index is 11.4. The number of sulfonamides is 1. The standard InChI is InChI=1S/C18H20N4O2S3/c19-27(23,24)16-5-3-15(4-6-16)22-9-7-21(8-10-22)12-14-13-26-18(20-14)17-2-1-11-25-17/h1-6,11,13H,7-10,12H2,(H2,19,23,24). The summed E-state index contributed by atoms with van der Waals surface area (Å²) < 4.78 is 22.7. The summed E-state index contributed by atoms with van der Waals surface area (Å²) in [5.74, 6) is 0. The van der Waals surface area contributed by atoms with Crippen LogP contribution in [0.25, 0.3) is 9.88 Å². The molecule has 2 N–H and O–H groups in total. The fourth-order valence-corrected chi connectivity index (χ4v) is 5.27. The van der Waals surface area contributed by atoms with E-state index in [0.717, 1.165) is 49.1 Å². The number of nitrogens with zero attached hydrogens (tertiary/aromatic N) is 3. The Bertz CT molecular complexity index is 990. The molecule has 0 unspecified atom stereocenters. The smallest absolute Gasteiger partial charge is 0.238 e. The van der Waals surface area contributed by atoms with E-state index >= 15 is 0 Å². The fraction of sp³-hybridized carbons (Fsp3) is 0.278. The van der Waals surface area contributed by atoms with Crippen molar-refractivity contribution < 1.29 is 8.42 Å². The van der Waals surface area contributed by atoms with E-state index in [2.05, 4.69) is 32.7 Å². The highest BCUT2D eigenvalue weighted by atomic mass is 32.2. The average molecular weight is 421 g/mol. The largest absolute Gasteiger partial charge is 0.369 e. The van der Waals surface area contributed by atoms with E-state index in [1.165, 1.54) is 4.88 Å². The van der Waals surface area contributed by atoms with Crippen LogP contribution in [0.1, 0.15) is 5.69 Å². The number of primary sulfonamides is 1. The summed E-state index contributed by atoms with van der Waals surface area (Å²) >= 11 is 3.42. The number of nitrogens with two attached hydrogens (primary N) is 1. The van der Waals surface area contributed by atoms with Crippen LogP contribution in [0.3, 0.4) is 0 Å². The van der Waals surface area contributed by atoms with Gasteiger partial charge in [-0.15, -0.1) is 22.7 Å². The van der Waals surface area contributed by atoms with Gasteiger partial charge < -0.3 is 4.90 Å². The Kier molecular flexibility index (Phi) is 5.29. The molecule has 27 heavy (non-hydrogen) atoms. The number of piperazine rings is 1. The fourth-order valence-electron chi connectivity index (χ4n) is 3.13. The molecule has 142 valence electrons. The lowest BCUT2D eigenvalue weighted by Gasteiger charge is -2.35. The molecule has 2 aromatic heterocycles. The predicted octanol–water partition coefficient (Wildman–Crippen LogP) is 2.84. The third kappa shape index (κ3) is 4.39. The van der Waals surface area contributed by atoms with Crippen LogP contribution < -0.4 is 10.0 Å². The first-order valence-corrected chi connectivity index (χ1v) is 11.9. The average Bonchev–Trinajstić information content (AvgIpc) is 3.33. The van der Waals surface area contributed by atoms with Crippen molar-refractivity contribution in [3.63, 3.8) is 0 Å². The molecule has 3 heterocycles. The molecule has 0 aliphatic carbocycles. The third-order valence-corrected chi connectivity index (χ3v) is 7.43. The highest BCUT2D eigenvalue weighted by molar-refractivity contribution is 7.89. The summed E-state index contributed by atoms with van der Waals surface area (Å²) in [6, 6.07) is 10.9. The summed E-state index contributed by atoms with van der Waals surface area (Å²) in [6.45, 7) is 4.55. The van der Waals surface area contributed by atoms with E-state index in [0.29, 0.717) is 0 Å². The van der Waals surface area contributed by atoms with Crippen molar-refractivity contribution in [1.82, 2.24) is 9.88 Å². The monoisotopic (exact) mass is 420 g/mol. The van der Waals surface area contributed by atoms with Gasteiger partial charge in [-0.1, -0.05) is 6.07 Å². The third-order valence-electron chi connectivity index (χ3n) is 4.57. The number of rotatable bonds is 5. The maximum Gasteiger partial charge on any atom is 0.238 e. The second kappa shape index (κ2) is 7.69. The van der Waals surface area contributed by atoms with Gasteiger partial charge in [0, 0.05) is 43.8 Å². The minimum Gasteiger partial charge on any atom is -0.369 e. The van der Waals surface area contributed by atoms with Gasteiger partial charge in [0.05, 0.1) is 15.5 Å². The van der Waals surface area contributed by atoms with E-state index in [1.54, 1.807) is 34.8 Å². The minimum absolute atomic E-state index is 0.148. The Labute approximate surface area is 166 Å². The first-order valence-electron chi connectivity index (χ1n) is 8.57. The van der Waals surface area contributed by atoms with E-state index in [1.807, 2.05) is 12.1 Å². The molecule has 1 aliphatic rings.